The van der Waals surface area contributed by atoms with Gasteiger partial charge in [-0.2, -0.15) is 0 Å². The van der Waals surface area contributed by atoms with Crippen molar-refractivity contribution < 1.29 is 15.3 Å². The molecule has 0 saturated heterocycles. The first-order valence-electron chi connectivity index (χ1n) is 12.2. The highest BCUT2D eigenvalue weighted by Gasteiger charge is 2.22. The first-order valence-corrected chi connectivity index (χ1v) is 12.2. The SMILES string of the molecule is Cc1cc(-c2ccc3c(c2)c2cccc4c5ccccc5n3c42)ncc1-c1c(C)c(C)c(O)c(O)c1O. The van der Waals surface area contributed by atoms with Crippen molar-refractivity contribution in [3.05, 3.63) is 89.6 Å². The Kier molecular flexibility index (Phi) is 4.28. The molecule has 0 amide bonds. The summed E-state index contributed by atoms with van der Waals surface area (Å²) in [5.41, 5.74) is 8.78. The number of pyridine rings is 1. The van der Waals surface area contributed by atoms with Crippen LogP contribution in [0.4, 0.5) is 0 Å². The Morgan fingerprint density at radius 3 is 2.14 bits per heavy atom. The summed E-state index contributed by atoms with van der Waals surface area (Å²) in [5, 5.41) is 35.9. The second kappa shape index (κ2) is 7.37. The molecule has 0 aliphatic heterocycles. The van der Waals surface area contributed by atoms with Crippen LogP contribution in [0.2, 0.25) is 0 Å². The minimum Gasteiger partial charge on any atom is -0.504 e. The monoisotopic (exact) mass is 484 g/mol. The Morgan fingerprint density at radius 1 is 0.649 bits per heavy atom. The average Bonchev–Trinajstić information content (AvgIpc) is 3.43. The molecule has 7 aromatic rings. The van der Waals surface area contributed by atoms with E-state index >= 15 is 0 Å². The molecule has 0 fully saturated rings. The van der Waals surface area contributed by atoms with Gasteiger partial charge in [0.2, 0.25) is 5.75 Å². The van der Waals surface area contributed by atoms with Gasteiger partial charge in [0.1, 0.15) is 0 Å². The zero-order chi connectivity index (χ0) is 25.6. The number of para-hydroxylation sites is 2. The van der Waals surface area contributed by atoms with Crippen molar-refractivity contribution in [3.8, 4) is 39.6 Å². The van der Waals surface area contributed by atoms with Crippen molar-refractivity contribution in [1.29, 1.82) is 0 Å². The van der Waals surface area contributed by atoms with Crippen LogP contribution in [-0.2, 0) is 0 Å². The largest absolute Gasteiger partial charge is 0.504 e. The summed E-state index contributed by atoms with van der Waals surface area (Å²) in [6.07, 6.45) is 1.73. The van der Waals surface area contributed by atoms with Crippen molar-refractivity contribution >= 4 is 38.1 Å². The van der Waals surface area contributed by atoms with Gasteiger partial charge in [-0.25, -0.2) is 0 Å². The van der Waals surface area contributed by atoms with Crippen molar-refractivity contribution in [2.45, 2.75) is 20.8 Å². The van der Waals surface area contributed by atoms with Gasteiger partial charge in [-0.1, -0.05) is 42.5 Å². The lowest BCUT2D eigenvalue weighted by molar-refractivity contribution is 0.366. The molecule has 0 unspecified atom stereocenters. The maximum absolute atomic E-state index is 10.6. The predicted molar refractivity (Wildman–Crippen MR) is 149 cm³/mol. The van der Waals surface area contributed by atoms with Crippen LogP contribution in [0.3, 0.4) is 0 Å². The van der Waals surface area contributed by atoms with Crippen LogP contribution in [0, 0.1) is 20.8 Å². The van der Waals surface area contributed by atoms with Gasteiger partial charge < -0.3 is 19.7 Å². The lowest BCUT2D eigenvalue weighted by Crippen LogP contribution is -1.95. The molecule has 7 rings (SSSR count). The van der Waals surface area contributed by atoms with Crippen LogP contribution < -0.4 is 0 Å². The maximum Gasteiger partial charge on any atom is 0.201 e. The molecule has 3 aromatic heterocycles. The first-order chi connectivity index (χ1) is 17.9. The summed E-state index contributed by atoms with van der Waals surface area (Å²) in [7, 11) is 0. The van der Waals surface area contributed by atoms with E-state index in [-0.39, 0.29) is 11.5 Å². The van der Waals surface area contributed by atoms with E-state index in [4.69, 9.17) is 4.98 Å². The van der Waals surface area contributed by atoms with Crippen LogP contribution in [0.15, 0.2) is 72.9 Å². The summed E-state index contributed by atoms with van der Waals surface area (Å²) in [6.45, 7) is 5.50. The Labute approximate surface area is 212 Å². The Bertz CT molecular complexity index is 2020. The number of phenols is 3. The Hall–Kier alpha value is -4.77. The predicted octanol–water partition coefficient (Wildman–Crippen LogP) is 7.61. The van der Waals surface area contributed by atoms with E-state index in [1.807, 2.05) is 19.9 Å². The normalized spacial score (nSPS) is 12.0. The minimum atomic E-state index is -0.509. The number of hydrogen-bond donors (Lipinski definition) is 3. The summed E-state index contributed by atoms with van der Waals surface area (Å²) < 4.78 is 2.35. The van der Waals surface area contributed by atoms with Gasteiger partial charge in [-0.3, -0.25) is 4.98 Å². The number of aryl methyl sites for hydroxylation is 1. The highest BCUT2D eigenvalue weighted by Crippen LogP contribution is 2.48. The zero-order valence-electron chi connectivity index (χ0n) is 20.7. The summed E-state index contributed by atoms with van der Waals surface area (Å²) in [5.74, 6) is -1.14. The fourth-order valence-corrected chi connectivity index (χ4v) is 5.85. The molecule has 0 aliphatic rings. The number of phenolic OH excluding ortho intramolecular Hbond substituents is 3. The van der Waals surface area contributed by atoms with Gasteiger partial charge in [-0.05, 0) is 61.7 Å². The number of benzene rings is 4. The lowest BCUT2D eigenvalue weighted by atomic mass is 9.92. The molecule has 5 heteroatoms. The van der Waals surface area contributed by atoms with E-state index in [2.05, 4.69) is 65.1 Å². The highest BCUT2D eigenvalue weighted by molar-refractivity contribution is 6.23. The molecule has 0 bridgehead atoms. The average molecular weight is 485 g/mol. The summed E-state index contributed by atoms with van der Waals surface area (Å²) in [4.78, 5) is 4.75. The van der Waals surface area contributed by atoms with Gasteiger partial charge in [0.25, 0.3) is 0 Å². The van der Waals surface area contributed by atoms with E-state index in [1.54, 1.807) is 13.1 Å². The third-order valence-electron chi connectivity index (χ3n) is 7.88. The van der Waals surface area contributed by atoms with Crippen molar-refractivity contribution in [2.75, 3.05) is 0 Å². The number of aromatic nitrogens is 2. The number of aromatic hydroxyl groups is 3. The topological polar surface area (TPSA) is 78.0 Å². The summed E-state index contributed by atoms with van der Waals surface area (Å²) >= 11 is 0. The molecule has 37 heavy (non-hydrogen) atoms. The van der Waals surface area contributed by atoms with E-state index in [1.165, 1.54) is 38.1 Å². The van der Waals surface area contributed by atoms with Crippen LogP contribution in [0.25, 0.3) is 60.5 Å². The van der Waals surface area contributed by atoms with Gasteiger partial charge in [0.15, 0.2) is 11.5 Å². The van der Waals surface area contributed by atoms with Crippen molar-refractivity contribution in [3.63, 3.8) is 0 Å². The molecule has 3 heterocycles. The zero-order valence-corrected chi connectivity index (χ0v) is 20.7. The Balaban J connectivity index is 1.42. The molecule has 3 N–H and O–H groups in total. The van der Waals surface area contributed by atoms with Crippen LogP contribution in [0.1, 0.15) is 16.7 Å². The van der Waals surface area contributed by atoms with E-state index in [0.717, 1.165) is 16.8 Å². The van der Waals surface area contributed by atoms with Crippen LogP contribution >= 0.6 is 0 Å². The second-order valence-corrected chi connectivity index (χ2v) is 9.84. The molecular formula is C32H24N2O3. The number of hydrogen-bond acceptors (Lipinski definition) is 4. The van der Waals surface area contributed by atoms with E-state index in [9.17, 15) is 15.3 Å². The van der Waals surface area contributed by atoms with Gasteiger partial charge in [0, 0.05) is 44.4 Å². The molecule has 0 aliphatic carbocycles. The Morgan fingerprint density at radius 2 is 1.35 bits per heavy atom. The van der Waals surface area contributed by atoms with Gasteiger partial charge >= 0.3 is 0 Å². The number of rotatable bonds is 2. The molecule has 0 atom stereocenters. The smallest absolute Gasteiger partial charge is 0.201 e. The van der Waals surface area contributed by atoms with Crippen LogP contribution in [0.5, 0.6) is 17.2 Å². The third-order valence-corrected chi connectivity index (χ3v) is 7.88. The van der Waals surface area contributed by atoms with Gasteiger partial charge in [-0.15, -0.1) is 0 Å². The van der Waals surface area contributed by atoms with E-state index in [0.29, 0.717) is 22.3 Å². The van der Waals surface area contributed by atoms with Crippen molar-refractivity contribution in [2.24, 2.45) is 0 Å². The molecule has 0 radical (unpaired) electrons. The first kappa shape index (κ1) is 21.5. The van der Waals surface area contributed by atoms with Crippen molar-refractivity contribution in [1.82, 2.24) is 9.38 Å². The number of fused-ring (bicyclic) bond motifs is 6. The molecule has 180 valence electrons. The standard InChI is InChI=1S/C32H24N2O3/c1-16-13-25(33-15-24(16)28-17(2)18(3)30(35)32(37)31(28)36)19-11-12-27-23(14-19)22-9-6-8-21-20-7-4-5-10-26(20)34(27)29(21)22/h4-15,35-37H,1-3H3. The maximum atomic E-state index is 10.6. The number of nitrogens with zero attached hydrogens (tertiary/aromatic N) is 2. The quantitative estimate of drug-likeness (QED) is 0.221. The molecule has 0 saturated carbocycles. The van der Waals surface area contributed by atoms with Gasteiger partial charge in [0.05, 0.1) is 22.2 Å². The fraction of sp³-hybridized carbons (Fsp3) is 0.0938. The van der Waals surface area contributed by atoms with Crippen LogP contribution in [-0.4, -0.2) is 24.7 Å². The van der Waals surface area contributed by atoms with E-state index < -0.39 is 5.75 Å². The second-order valence-electron chi connectivity index (χ2n) is 9.84. The molecular weight excluding hydrogens is 460 g/mol. The lowest BCUT2D eigenvalue weighted by Gasteiger charge is -2.17. The minimum absolute atomic E-state index is 0.299. The molecule has 0 spiro atoms. The fourth-order valence-electron chi connectivity index (χ4n) is 5.85. The summed E-state index contributed by atoms with van der Waals surface area (Å²) in [6, 6.07) is 23.5. The molecule has 4 aromatic carbocycles. The molecule has 5 nitrogen and oxygen atoms in total. The highest BCUT2D eigenvalue weighted by atomic mass is 16.3. The third kappa shape index (κ3) is 2.77.